The van der Waals surface area contributed by atoms with Crippen molar-refractivity contribution in [3.63, 3.8) is 0 Å². The maximum atomic E-state index is 2.49. The Bertz CT molecular complexity index is 143. The highest BCUT2D eigenvalue weighted by Crippen LogP contribution is 2.44. The van der Waals surface area contributed by atoms with Crippen molar-refractivity contribution in [3.05, 3.63) is 0 Å². The van der Waals surface area contributed by atoms with Crippen LogP contribution in [0.3, 0.4) is 0 Å². The standard InChI is InChI=1S/C13H24/c1-13(2)9-11-5-3-6-12(10-13)8-4-7-11/h11-12H,3-10H2,1-2H3. The molecule has 0 spiro atoms. The Morgan fingerprint density at radius 2 is 1.15 bits per heavy atom. The molecule has 3 saturated carbocycles. The fourth-order valence-corrected chi connectivity index (χ4v) is 3.73. The SMILES string of the molecule is CC1(C)CC2CCCC(CCC2)C1. The van der Waals surface area contributed by atoms with Crippen LogP contribution in [-0.2, 0) is 0 Å². The molecule has 0 aliphatic heterocycles. The molecule has 0 atom stereocenters. The van der Waals surface area contributed by atoms with E-state index >= 15 is 0 Å². The highest BCUT2D eigenvalue weighted by Gasteiger charge is 2.31. The third kappa shape index (κ3) is 2.48. The van der Waals surface area contributed by atoms with Gasteiger partial charge < -0.3 is 0 Å². The lowest BCUT2D eigenvalue weighted by atomic mass is 9.67. The Morgan fingerprint density at radius 3 is 1.54 bits per heavy atom. The Kier molecular flexibility index (Phi) is 2.67. The zero-order valence-electron chi connectivity index (χ0n) is 9.31. The molecule has 0 radical (unpaired) electrons. The van der Waals surface area contributed by atoms with Gasteiger partial charge in [0.25, 0.3) is 0 Å². The van der Waals surface area contributed by atoms with Crippen molar-refractivity contribution in [2.75, 3.05) is 0 Å². The van der Waals surface area contributed by atoms with Crippen LogP contribution in [0.1, 0.15) is 65.2 Å². The van der Waals surface area contributed by atoms with Gasteiger partial charge in [-0.2, -0.15) is 0 Å². The molecule has 2 bridgehead atoms. The predicted octanol–water partition coefficient (Wildman–Crippen LogP) is 4.39. The van der Waals surface area contributed by atoms with Crippen molar-refractivity contribution in [2.45, 2.75) is 65.2 Å². The molecule has 0 saturated heterocycles. The summed E-state index contributed by atoms with van der Waals surface area (Å²) in [6, 6.07) is 0. The van der Waals surface area contributed by atoms with E-state index in [-0.39, 0.29) is 0 Å². The molecule has 76 valence electrons. The van der Waals surface area contributed by atoms with E-state index in [0.29, 0.717) is 5.41 Å². The van der Waals surface area contributed by atoms with Crippen LogP contribution in [0, 0.1) is 17.3 Å². The van der Waals surface area contributed by atoms with Gasteiger partial charge in [-0.1, -0.05) is 52.4 Å². The number of rotatable bonds is 0. The summed E-state index contributed by atoms with van der Waals surface area (Å²) in [7, 11) is 0. The molecule has 0 aromatic rings. The van der Waals surface area contributed by atoms with Crippen LogP contribution in [0.4, 0.5) is 0 Å². The molecule has 13 heavy (non-hydrogen) atoms. The second-order valence-corrected chi connectivity index (χ2v) is 6.17. The highest BCUT2D eigenvalue weighted by atomic mass is 14.4. The molecule has 0 heterocycles. The van der Waals surface area contributed by atoms with Crippen LogP contribution in [-0.4, -0.2) is 0 Å². The average molecular weight is 180 g/mol. The van der Waals surface area contributed by atoms with Crippen molar-refractivity contribution < 1.29 is 0 Å². The Morgan fingerprint density at radius 1 is 0.769 bits per heavy atom. The van der Waals surface area contributed by atoms with Gasteiger partial charge in [-0.15, -0.1) is 0 Å². The first-order valence-electron chi connectivity index (χ1n) is 6.16. The van der Waals surface area contributed by atoms with Gasteiger partial charge in [-0.3, -0.25) is 0 Å². The molecule has 0 aromatic heterocycles. The normalized spacial score (nSPS) is 39.2. The number of fused-ring (bicyclic) bond motifs is 6. The fourth-order valence-electron chi connectivity index (χ4n) is 3.73. The summed E-state index contributed by atoms with van der Waals surface area (Å²) in [5.41, 5.74) is 0.649. The van der Waals surface area contributed by atoms with Crippen LogP contribution < -0.4 is 0 Å². The molecule has 0 nitrogen and oxygen atoms in total. The first kappa shape index (κ1) is 9.55. The lowest BCUT2D eigenvalue weighted by Crippen LogP contribution is -2.26. The van der Waals surface area contributed by atoms with E-state index in [1.807, 2.05) is 0 Å². The molecular formula is C13H24. The molecule has 3 aliphatic rings. The van der Waals surface area contributed by atoms with Crippen LogP contribution in [0.15, 0.2) is 0 Å². The number of hydrogen-bond acceptors (Lipinski definition) is 0. The smallest absolute Gasteiger partial charge is 0.0349 e. The molecule has 3 aliphatic carbocycles. The molecule has 3 fully saturated rings. The van der Waals surface area contributed by atoms with Gasteiger partial charge >= 0.3 is 0 Å². The third-order valence-corrected chi connectivity index (χ3v) is 4.13. The first-order valence-corrected chi connectivity index (χ1v) is 6.16. The van der Waals surface area contributed by atoms with Gasteiger partial charge in [0.05, 0.1) is 0 Å². The van der Waals surface area contributed by atoms with E-state index in [1.165, 1.54) is 51.4 Å². The molecule has 0 unspecified atom stereocenters. The number of hydrogen-bond donors (Lipinski definition) is 0. The van der Waals surface area contributed by atoms with Gasteiger partial charge in [0, 0.05) is 0 Å². The van der Waals surface area contributed by atoms with Gasteiger partial charge in [0.15, 0.2) is 0 Å². The van der Waals surface area contributed by atoms with E-state index in [1.54, 1.807) is 0 Å². The quantitative estimate of drug-likeness (QED) is 0.518. The third-order valence-electron chi connectivity index (χ3n) is 4.13. The van der Waals surface area contributed by atoms with E-state index in [0.717, 1.165) is 11.8 Å². The summed E-state index contributed by atoms with van der Waals surface area (Å²) in [5, 5.41) is 0. The van der Waals surface area contributed by atoms with Crippen LogP contribution in [0.2, 0.25) is 0 Å². The lowest BCUT2D eigenvalue weighted by Gasteiger charge is -2.39. The largest absolute Gasteiger partial charge is 0.0599 e. The Balaban J connectivity index is 2.09. The zero-order chi connectivity index (χ0) is 9.31. The first-order chi connectivity index (χ1) is 6.16. The van der Waals surface area contributed by atoms with E-state index < -0.39 is 0 Å². The fraction of sp³-hybridized carbons (Fsp3) is 1.00. The maximum absolute atomic E-state index is 2.49. The van der Waals surface area contributed by atoms with Crippen LogP contribution in [0.25, 0.3) is 0 Å². The highest BCUT2D eigenvalue weighted by molar-refractivity contribution is 4.83. The summed E-state index contributed by atoms with van der Waals surface area (Å²) in [5.74, 6) is 2.13. The van der Waals surface area contributed by atoms with Crippen molar-refractivity contribution in [1.82, 2.24) is 0 Å². The summed E-state index contributed by atoms with van der Waals surface area (Å²) in [6.45, 7) is 4.98. The average Bonchev–Trinajstić information content (AvgIpc) is 1.93. The molecule has 3 rings (SSSR count). The Hall–Kier alpha value is 0. The van der Waals surface area contributed by atoms with Crippen molar-refractivity contribution in [1.29, 1.82) is 0 Å². The lowest BCUT2D eigenvalue weighted by molar-refractivity contribution is 0.131. The minimum absolute atomic E-state index is 0.649. The van der Waals surface area contributed by atoms with Crippen LogP contribution >= 0.6 is 0 Å². The molecule has 0 amide bonds. The van der Waals surface area contributed by atoms with E-state index in [9.17, 15) is 0 Å². The summed E-state index contributed by atoms with van der Waals surface area (Å²) in [6.07, 6.45) is 12.2. The van der Waals surface area contributed by atoms with E-state index in [4.69, 9.17) is 0 Å². The molecular weight excluding hydrogens is 156 g/mol. The molecule has 0 N–H and O–H groups in total. The molecule has 0 heteroatoms. The van der Waals surface area contributed by atoms with Crippen LogP contribution in [0.5, 0.6) is 0 Å². The predicted molar refractivity (Wildman–Crippen MR) is 57.7 cm³/mol. The zero-order valence-corrected chi connectivity index (χ0v) is 9.31. The van der Waals surface area contributed by atoms with Gasteiger partial charge in [0.1, 0.15) is 0 Å². The Labute approximate surface area is 83.1 Å². The summed E-state index contributed by atoms with van der Waals surface area (Å²) >= 11 is 0. The summed E-state index contributed by atoms with van der Waals surface area (Å²) < 4.78 is 0. The summed E-state index contributed by atoms with van der Waals surface area (Å²) in [4.78, 5) is 0. The van der Waals surface area contributed by atoms with Gasteiger partial charge in [0.2, 0.25) is 0 Å². The second-order valence-electron chi connectivity index (χ2n) is 6.17. The van der Waals surface area contributed by atoms with Gasteiger partial charge in [-0.05, 0) is 30.1 Å². The minimum atomic E-state index is 0.649. The minimum Gasteiger partial charge on any atom is -0.0599 e. The van der Waals surface area contributed by atoms with Crippen molar-refractivity contribution >= 4 is 0 Å². The van der Waals surface area contributed by atoms with Crippen molar-refractivity contribution in [3.8, 4) is 0 Å². The second kappa shape index (κ2) is 3.63. The topological polar surface area (TPSA) is 0 Å². The molecule has 0 aromatic carbocycles. The van der Waals surface area contributed by atoms with Crippen molar-refractivity contribution in [2.24, 2.45) is 17.3 Å². The van der Waals surface area contributed by atoms with Gasteiger partial charge in [-0.25, -0.2) is 0 Å². The van der Waals surface area contributed by atoms with E-state index in [2.05, 4.69) is 13.8 Å². The monoisotopic (exact) mass is 180 g/mol. The maximum Gasteiger partial charge on any atom is -0.0349 e.